The smallest absolute Gasteiger partial charge is 0.356 e. The summed E-state index contributed by atoms with van der Waals surface area (Å²) in [5.74, 6) is -2.40. The maximum absolute atomic E-state index is 12.1. The van der Waals surface area contributed by atoms with E-state index < -0.39 is 37.4 Å². The summed E-state index contributed by atoms with van der Waals surface area (Å²) in [6.45, 7) is 0. The van der Waals surface area contributed by atoms with E-state index in [1.54, 1.807) is 0 Å². The van der Waals surface area contributed by atoms with Crippen molar-refractivity contribution in [1.29, 1.82) is 0 Å². The van der Waals surface area contributed by atoms with Crippen molar-refractivity contribution in [2.75, 3.05) is 6.16 Å². The van der Waals surface area contributed by atoms with Gasteiger partial charge in [0.2, 0.25) is 0 Å². The Kier molecular flexibility index (Phi) is 6.53. The molecule has 0 spiro atoms. The van der Waals surface area contributed by atoms with Crippen LogP contribution in [0.2, 0.25) is 0 Å². The molecule has 1 aromatic carbocycles. The van der Waals surface area contributed by atoms with E-state index in [9.17, 15) is 24.2 Å². The van der Waals surface area contributed by atoms with Gasteiger partial charge in [-0.2, -0.15) is 0 Å². The predicted octanol–water partition coefficient (Wildman–Crippen LogP) is 0.559. The first-order valence-corrected chi connectivity index (χ1v) is 8.39. The Morgan fingerprint density at radius 2 is 1.70 bits per heavy atom. The standard InChI is InChI=1S/C14H16NO7P/c15-11(13(18)19)7-8-23(21,22)14(20)10-4-1-9(2-5-10)3-6-12(16)17/h1-6,11,21-22H,7-8,15H2,(H-,16,17,18,19)/p+1/t11-/m0/s1. The molecule has 0 fully saturated rings. The lowest BCUT2D eigenvalue weighted by Gasteiger charge is -2.12. The molecule has 0 amide bonds. The van der Waals surface area contributed by atoms with E-state index >= 15 is 0 Å². The van der Waals surface area contributed by atoms with Crippen LogP contribution in [0.1, 0.15) is 22.3 Å². The van der Waals surface area contributed by atoms with Gasteiger partial charge in [-0.25, -0.2) is 19.4 Å². The van der Waals surface area contributed by atoms with Crippen molar-refractivity contribution in [2.24, 2.45) is 5.73 Å². The molecule has 0 aliphatic rings. The van der Waals surface area contributed by atoms with Crippen molar-refractivity contribution < 1.29 is 34.4 Å². The molecule has 1 aromatic rings. The highest BCUT2D eigenvalue weighted by atomic mass is 31.2. The van der Waals surface area contributed by atoms with Crippen molar-refractivity contribution in [3.63, 3.8) is 0 Å². The highest BCUT2D eigenvalue weighted by Crippen LogP contribution is 2.53. The van der Waals surface area contributed by atoms with Crippen LogP contribution in [0, 0.1) is 0 Å². The molecule has 0 radical (unpaired) electrons. The minimum atomic E-state index is -3.99. The lowest BCUT2D eigenvalue weighted by atomic mass is 10.1. The van der Waals surface area contributed by atoms with Gasteiger partial charge in [-0.1, -0.05) is 12.1 Å². The SMILES string of the molecule is N[C@@H](CC[P+](O)(O)C(=O)c1ccc(C=CC(=O)O)cc1)C(=O)O. The molecule has 0 saturated carbocycles. The zero-order chi connectivity index (χ0) is 17.6. The van der Waals surface area contributed by atoms with Gasteiger partial charge in [0.1, 0.15) is 12.2 Å². The Balaban J connectivity index is 2.79. The number of nitrogens with two attached hydrogens (primary N) is 1. The number of hydrogen-bond acceptors (Lipinski definition) is 6. The second-order valence-electron chi connectivity index (χ2n) is 4.79. The van der Waals surface area contributed by atoms with Gasteiger partial charge < -0.3 is 15.9 Å². The van der Waals surface area contributed by atoms with Gasteiger partial charge >= 0.3 is 25.2 Å². The molecule has 0 aliphatic heterocycles. The fraction of sp³-hybridized carbons (Fsp3) is 0.214. The molecule has 8 nitrogen and oxygen atoms in total. The Hall–Kier alpha value is -2.12. The van der Waals surface area contributed by atoms with Crippen LogP contribution in [0.3, 0.4) is 0 Å². The van der Waals surface area contributed by atoms with E-state index in [1.165, 1.54) is 30.3 Å². The first kappa shape index (κ1) is 18.9. The number of carbonyl (C=O) groups excluding carboxylic acids is 1. The molecular formula is C14H17NO7P+. The van der Waals surface area contributed by atoms with E-state index in [0.717, 1.165) is 6.08 Å². The first-order valence-electron chi connectivity index (χ1n) is 6.51. The maximum Gasteiger partial charge on any atom is 0.356 e. The second-order valence-corrected chi connectivity index (χ2v) is 7.10. The Morgan fingerprint density at radius 3 is 2.17 bits per heavy atom. The summed E-state index contributed by atoms with van der Waals surface area (Å²) in [5.41, 5.74) is 4.95. The number of aliphatic carboxylic acids is 2. The number of hydrogen-bond donors (Lipinski definition) is 5. The van der Waals surface area contributed by atoms with Crippen LogP contribution in [-0.4, -0.2) is 49.7 Å². The van der Waals surface area contributed by atoms with Crippen LogP contribution in [0.4, 0.5) is 0 Å². The van der Waals surface area contributed by atoms with Gasteiger partial charge in [0.15, 0.2) is 0 Å². The van der Waals surface area contributed by atoms with Gasteiger partial charge in [0.05, 0.1) is 5.56 Å². The molecule has 6 N–H and O–H groups in total. The average molecular weight is 342 g/mol. The topological polar surface area (TPSA) is 158 Å². The van der Waals surface area contributed by atoms with Crippen LogP contribution in [0.25, 0.3) is 6.08 Å². The normalized spacial score (nSPS) is 13.0. The zero-order valence-electron chi connectivity index (χ0n) is 12.0. The van der Waals surface area contributed by atoms with Crippen molar-refractivity contribution >= 4 is 31.3 Å². The minimum absolute atomic E-state index is 0.0414. The molecule has 0 saturated heterocycles. The molecule has 124 valence electrons. The van der Waals surface area contributed by atoms with E-state index in [0.29, 0.717) is 5.56 Å². The van der Waals surface area contributed by atoms with E-state index in [-0.39, 0.29) is 12.0 Å². The summed E-state index contributed by atoms with van der Waals surface area (Å²) in [4.78, 5) is 52.8. The van der Waals surface area contributed by atoms with Crippen LogP contribution in [0.15, 0.2) is 30.3 Å². The third-order valence-electron chi connectivity index (χ3n) is 2.97. The fourth-order valence-electron chi connectivity index (χ4n) is 1.66. The van der Waals surface area contributed by atoms with Gasteiger partial charge in [0.25, 0.3) is 0 Å². The Bertz CT molecular complexity index is 625. The molecule has 1 atom stereocenters. The van der Waals surface area contributed by atoms with Crippen LogP contribution >= 0.6 is 7.72 Å². The fourth-order valence-corrected chi connectivity index (χ4v) is 3.06. The Labute approximate surface area is 132 Å². The molecule has 1 rings (SSSR count). The number of carboxylic acid groups (broad SMARTS) is 2. The van der Waals surface area contributed by atoms with Crippen LogP contribution < -0.4 is 5.73 Å². The van der Waals surface area contributed by atoms with Crippen molar-refractivity contribution in [2.45, 2.75) is 12.5 Å². The molecule has 0 aliphatic carbocycles. The zero-order valence-corrected chi connectivity index (χ0v) is 12.9. The van der Waals surface area contributed by atoms with Crippen molar-refractivity contribution in [3.05, 3.63) is 41.5 Å². The predicted molar refractivity (Wildman–Crippen MR) is 83.9 cm³/mol. The summed E-state index contributed by atoms with van der Waals surface area (Å²) in [6.07, 6.45) is 1.60. The van der Waals surface area contributed by atoms with Crippen molar-refractivity contribution in [1.82, 2.24) is 0 Å². The van der Waals surface area contributed by atoms with Gasteiger partial charge in [-0.15, -0.1) is 0 Å². The summed E-state index contributed by atoms with van der Waals surface area (Å²) in [6, 6.07) is 4.31. The monoisotopic (exact) mass is 342 g/mol. The number of benzene rings is 1. The lowest BCUT2D eigenvalue weighted by molar-refractivity contribution is -0.138. The molecule has 23 heavy (non-hydrogen) atoms. The van der Waals surface area contributed by atoms with E-state index in [2.05, 4.69) is 0 Å². The summed E-state index contributed by atoms with van der Waals surface area (Å²) < 4.78 is 0. The summed E-state index contributed by atoms with van der Waals surface area (Å²) in [5, 5.41) is 17.2. The van der Waals surface area contributed by atoms with Gasteiger partial charge in [-0.3, -0.25) is 4.79 Å². The highest BCUT2D eigenvalue weighted by Gasteiger charge is 2.44. The minimum Gasteiger partial charge on any atom is -0.480 e. The largest absolute Gasteiger partial charge is 0.480 e. The third kappa shape index (κ3) is 5.88. The van der Waals surface area contributed by atoms with Gasteiger partial charge in [0, 0.05) is 12.5 Å². The molecular weight excluding hydrogens is 325 g/mol. The summed E-state index contributed by atoms with van der Waals surface area (Å²) in [7, 11) is -3.99. The Morgan fingerprint density at radius 1 is 1.13 bits per heavy atom. The van der Waals surface area contributed by atoms with E-state index in [4.69, 9.17) is 15.9 Å². The molecule has 0 bridgehead atoms. The lowest BCUT2D eigenvalue weighted by Crippen LogP contribution is -2.31. The van der Waals surface area contributed by atoms with E-state index in [1.807, 2.05) is 0 Å². The number of rotatable bonds is 8. The van der Waals surface area contributed by atoms with Gasteiger partial charge in [-0.05, 0) is 23.8 Å². The quantitative estimate of drug-likeness (QED) is 0.338. The first-order chi connectivity index (χ1) is 10.6. The van der Waals surface area contributed by atoms with Crippen LogP contribution in [-0.2, 0) is 9.59 Å². The number of carboxylic acids is 2. The molecule has 0 unspecified atom stereocenters. The molecule has 9 heteroatoms. The molecule has 0 heterocycles. The maximum atomic E-state index is 12.1. The second kappa shape index (κ2) is 7.94. The van der Waals surface area contributed by atoms with Crippen LogP contribution in [0.5, 0.6) is 0 Å². The van der Waals surface area contributed by atoms with Crippen molar-refractivity contribution in [3.8, 4) is 0 Å². The highest BCUT2D eigenvalue weighted by molar-refractivity contribution is 7.81. The average Bonchev–Trinajstić information content (AvgIpc) is 2.50. The third-order valence-corrected chi connectivity index (χ3v) is 4.76. The number of carbonyl (C=O) groups is 3. The summed E-state index contributed by atoms with van der Waals surface area (Å²) >= 11 is 0. The molecule has 0 aromatic heterocycles.